The Hall–Kier alpha value is -3.48. The molecule has 0 aliphatic heterocycles. The Kier molecular flexibility index (Phi) is 5.88. The third-order valence-electron chi connectivity index (χ3n) is 5.40. The molecule has 0 unspecified atom stereocenters. The van der Waals surface area contributed by atoms with Crippen LogP contribution >= 0.6 is 0 Å². The van der Waals surface area contributed by atoms with E-state index < -0.39 is 5.91 Å². The fourth-order valence-corrected chi connectivity index (χ4v) is 3.87. The summed E-state index contributed by atoms with van der Waals surface area (Å²) in [5.41, 5.74) is 0.375. The van der Waals surface area contributed by atoms with Crippen LogP contribution in [0.4, 0.5) is 0 Å². The molecule has 30 heavy (non-hydrogen) atoms. The van der Waals surface area contributed by atoms with E-state index in [1.165, 1.54) is 11.1 Å². The quantitative estimate of drug-likeness (QED) is 0.684. The molecule has 1 aliphatic rings. The van der Waals surface area contributed by atoms with E-state index in [-0.39, 0.29) is 29.7 Å². The minimum absolute atomic E-state index is 0.111. The van der Waals surface area contributed by atoms with Gasteiger partial charge in [-0.1, -0.05) is 55.7 Å². The zero-order chi connectivity index (χ0) is 20.9. The van der Waals surface area contributed by atoms with E-state index in [0.29, 0.717) is 16.5 Å². The average molecular weight is 404 g/mol. The van der Waals surface area contributed by atoms with Crippen molar-refractivity contribution < 1.29 is 9.59 Å². The van der Waals surface area contributed by atoms with Gasteiger partial charge in [-0.15, -0.1) is 0 Å². The number of rotatable bonds is 5. The average Bonchev–Trinajstić information content (AvgIpc) is 2.79. The van der Waals surface area contributed by atoms with Crippen LogP contribution in [0, 0.1) is 0 Å². The van der Waals surface area contributed by atoms with Gasteiger partial charge in [0.1, 0.15) is 0 Å². The number of para-hydroxylation sites is 1. The molecule has 0 saturated heterocycles. The summed E-state index contributed by atoms with van der Waals surface area (Å²) in [6.07, 6.45) is 5.41. The van der Waals surface area contributed by atoms with Crippen LogP contribution in [-0.4, -0.2) is 34.2 Å². The monoisotopic (exact) mass is 404 g/mol. The Bertz CT molecular complexity index is 1120. The van der Waals surface area contributed by atoms with Crippen molar-refractivity contribution >= 4 is 22.6 Å². The minimum atomic E-state index is -0.491. The van der Waals surface area contributed by atoms with Crippen LogP contribution in [0.15, 0.2) is 59.4 Å². The van der Waals surface area contributed by atoms with Gasteiger partial charge in [-0.3, -0.25) is 14.4 Å². The lowest BCUT2D eigenvalue weighted by Crippen LogP contribution is -2.43. The maximum atomic E-state index is 12.9. The molecule has 2 amide bonds. The Morgan fingerprint density at radius 2 is 1.60 bits per heavy atom. The van der Waals surface area contributed by atoms with Crippen LogP contribution in [0.1, 0.15) is 42.6 Å². The van der Waals surface area contributed by atoms with Crippen LogP contribution in [0.2, 0.25) is 0 Å². The maximum absolute atomic E-state index is 12.9. The van der Waals surface area contributed by atoms with Gasteiger partial charge in [0.05, 0.1) is 17.6 Å². The molecule has 7 nitrogen and oxygen atoms in total. The fourth-order valence-electron chi connectivity index (χ4n) is 3.87. The van der Waals surface area contributed by atoms with Crippen LogP contribution in [0.25, 0.3) is 16.5 Å². The first kappa shape index (κ1) is 19.8. The van der Waals surface area contributed by atoms with E-state index in [1.54, 1.807) is 48.5 Å². The highest BCUT2D eigenvalue weighted by atomic mass is 16.2. The first-order valence-corrected chi connectivity index (χ1v) is 10.3. The predicted molar refractivity (Wildman–Crippen MR) is 115 cm³/mol. The minimum Gasteiger partial charge on any atom is -0.352 e. The Morgan fingerprint density at radius 3 is 2.33 bits per heavy atom. The summed E-state index contributed by atoms with van der Waals surface area (Å²) >= 11 is 0. The fraction of sp³-hybridized carbons (Fsp3) is 0.304. The second-order valence-electron chi connectivity index (χ2n) is 7.53. The smallest absolute Gasteiger partial charge is 0.279 e. The molecule has 3 aromatic rings. The number of hydrogen-bond acceptors (Lipinski definition) is 4. The number of fused-ring (bicyclic) bond motifs is 1. The maximum Gasteiger partial charge on any atom is 0.279 e. The molecule has 0 spiro atoms. The highest BCUT2D eigenvalue weighted by molar-refractivity contribution is 6.05. The van der Waals surface area contributed by atoms with Crippen molar-refractivity contribution in [3.8, 4) is 5.69 Å². The highest BCUT2D eigenvalue weighted by Gasteiger charge is 2.19. The number of carbonyl (C=O) groups is 2. The summed E-state index contributed by atoms with van der Waals surface area (Å²) in [5.74, 6) is -0.703. The zero-order valence-corrected chi connectivity index (χ0v) is 16.6. The van der Waals surface area contributed by atoms with Crippen molar-refractivity contribution in [2.24, 2.45) is 0 Å². The normalized spacial score (nSPS) is 14.4. The van der Waals surface area contributed by atoms with E-state index in [9.17, 15) is 14.4 Å². The molecule has 2 aromatic carbocycles. The lowest BCUT2D eigenvalue weighted by molar-refractivity contribution is -0.121. The van der Waals surface area contributed by atoms with E-state index in [2.05, 4.69) is 15.7 Å². The van der Waals surface area contributed by atoms with Gasteiger partial charge in [-0.05, 0) is 31.0 Å². The SMILES string of the molecule is O=C(CNC(=O)c1nn(-c2ccccc2)c(=O)c2ccccc12)NC1CCCCC1. The van der Waals surface area contributed by atoms with Crippen molar-refractivity contribution in [1.82, 2.24) is 20.4 Å². The number of nitrogens with zero attached hydrogens (tertiary/aromatic N) is 2. The number of aromatic nitrogens is 2. The first-order chi connectivity index (χ1) is 14.6. The van der Waals surface area contributed by atoms with Crippen molar-refractivity contribution in [1.29, 1.82) is 0 Å². The second kappa shape index (κ2) is 8.90. The molecule has 7 heteroatoms. The largest absolute Gasteiger partial charge is 0.352 e. The van der Waals surface area contributed by atoms with Crippen LogP contribution in [0.3, 0.4) is 0 Å². The molecular formula is C23H24N4O3. The summed E-state index contributed by atoms with van der Waals surface area (Å²) in [6.45, 7) is -0.129. The van der Waals surface area contributed by atoms with Crippen molar-refractivity contribution in [2.45, 2.75) is 38.1 Å². The molecule has 1 heterocycles. The third-order valence-corrected chi connectivity index (χ3v) is 5.40. The Balaban J connectivity index is 1.58. The van der Waals surface area contributed by atoms with E-state index in [1.807, 2.05) is 6.07 Å². The molecule has 0 bridgehead atoms. The van der Waals surface area contributed by atoms with Gasteiger partial charge in [-0.2, -0.15) is 9.78 Å². The van der Waals surface area contributed by atoms with E-state index in [0.717, 1.165) is 25.7 Å². The Morgan fingerprint density at radius 1 is 0.933 bits per heavy atom. The molecular weight excluding hydrogens is 380 g/mol. The van der Waals surface area contributed by atoms with Gasteiger partial charge in [-0.25, -0.2) is 0 Å². The van der Waals surface area contributed by atoms with Gasteiger partial charge in [0.15, 0.2) is 5.69 Å². The highest BCUT2D eigenvalue weighted by Crippen LogP contribution is 2.17. The van der Waals surface area contributed by atoms with Crippen molar-refractivity contribution in [3.05, 3.63) is 70.6 Å². The van der Waals surface area contributed by atoms with E-state index in [4.69, 9.17) is 0 Å². The molecule has 2 N–H and O–H groups in total. The number of amides is 2. The molecule has 1 fully saturated rings. The van der Waals surface area contributed by atoms with Gasteiger partial charge in [0.2, 0.25) is 5.91 Å². The molecule has 1 aromatic heterocycles. The first-order valence-electron chi connectivity index (χ1n) is 10.3. The van der Waals surface area contributed by atoms with Gasteiger partial charge >= 0.3 is 0 Å². The van der Waals surface area contributed by atoms with Gasteiger partial charge < -0.3 is 10.6 Å². The Labute approximate surface area is 174 Å². The van der Waals surface area contributed by atoms with E-state index >= 15 is 0 Å². The van der Waals surface area contributed by atoms with Crippen LogP contribution in [0.5, 0.6) is 0 Å². The van der Waals surface area contributed by atoms with Crippen molar-refractivity contribution in [2.75, 3.05) is 6.54 Å². The molecule has 1 aliphatic carbocycles. The van der Waals surface area contributed by atoms with Crippen molar-refractivity contribution in [3.63, 3.8) is 0 Å². The van der Waals surface area contributed by atoms with Gasteiger partial charge in [0.25, 0.3) is 11.5 Å². The number of hydrogen-bond donors (Lipinski definition) is 2. The molecule has 0 atom stereocenters. The lowest BCUT2D eigenvalue weighted by Gasteiger charge is -2.22. The summed E-state index contributed by atoms with van der Waals surface area (Å²) in [5, 5.41) is 10.8. The molecule has 0 radical (unpaired) electrons. The standard InChI is InChI=1S/C23H24N4O3/c28-20(25-16-9-3-1-4-10-16)15-24-22(29)21-18-13-7-8-14-19(18)23(30)27(26-21)17-11-5-2-6-12-17/h2,5-8,11-14,16H,1,3-4,9-10,15H2,(H,24,29)(H,25,28). The molecule has 154 valence electrons. The molecule has 4 rings (SSSR count). The second-order valence-corrected chi connectivity index (χ2v) is 7.53. The summed E-state index contributed by atoms with van der Waals surface area (Å²) in [7, 11) is 0. The number of carbonyl (C=O) groups excluding carboxylic acids is 2. The number of nitrogens with one attached hydrogen (secondary N) is 2. The summed E-state index contributed by atoms with van der Waals surface area (Å²) in [6, 6.07) is 16.0. The lowest BCUT2D eigenvalue weighted by atomic mass is 9.95. The zero-order valence-electron chi connectivity index (χ0n) is 16.6. The van der Waals surface area contributed by atoms with Crippen LogP contribution in [-0.2, 0) is 4.79 Å². The van der Waals surface area contributed by atoms with Crippen LogP contribution < -0.4 is 16.2 Å². The topological polar surface area (TPSA) is 93.1 Å². The van der Waals surface area contributed by atoms with Gasteiger partial charge in [0, 0.05) is 11.4 Å². The summed E-state index contributed by atoms with van der Waals surface area (Å²) < 4.78 is 1.22. The molecule has 1 saturated carbocycles. The summed E-state index contributed by atoms with van der Waals surface area (Å²) in [4.78, 5) is 38.0. The third kappa shape index (κ3) is 4.25. The predicted octanol–water partition coefficient (Wildman–Crippen LogP) is 2.56. The number of benzene rings is 2.